The predicted octanol–water partition coefficient (Wildman–Crippen LogP) is 3.73. The summed E-state index contributed by atoms with van der Waals surface area (Å²) in [6, 6.07) is 12.3. The van der Waals surface area contributed by atoms with Crippen LogP contribution < -0.4 is 10.1 Å². The molecule has 162 valence electrons. The number of nitrogens with one attached hydrogen (secondary N) is 1. The minimum atomic E-state index is -0.517. The maximum Gasteiger partial charge on any atom is 0.339 e. The molecule has 2 heterocycles. The number of ether oxygens (including phenoxy) is 2. The van der Waals surface area contributed by atoms with E-state index in [2.05, 4.69) is 12.2 Å². The summed E-state index contributed by atoms with van der Waals surface area (Å²) in [5, 5.41) is 3.42. The van der Waals surface area contributed by atoms with Crippen LogP contribution >= 0.6 is 0 Å². The average Bonchev–Trinajstić information content (AvgIpc) is 2.80. The van der Waals surface area contributed by atoms with Crippen molar-refractivity contribution < 1.29 is 23.9 Å². The molecule has 1 aliphatic carbocycles. The summed E-state index contributed by atoms with van der Waals surface area (Å²) >= 11 is 0. The van der Waals surface area contributed by atoms with Gasteiger partial charge in [0, 0.05) is 16.6 Å². The van der Waals surface area contributed by atoms with Crippen LogP contribution in [-0.4, -0.2) is 35.9 Å². The van der Waals surface area contributed by atoms with Gasteiger partial charge in [0.05, 0.1) is 16.8 Å². The molecule has 2 aromatic carbocycles. The maximum absolute atomic E-state index is 13.2. The SMILES string of the molecule is C[C@H]1CCc2nc3ccccc3c(C(=O)OCC(=O)c3ccc4c(c3)NC(=O)CO4)c2C1. The maximum atomic E-state index is 13.2. The molecule has 7 nitrogen and oxygen atoms in total. The van der Waals surface area contributed by atoms with Gasteiger partial charge in [-0.05, 0) is 55.0 Å². The lowest BCUT2D eigenvalue weighted by molar-refractivity contribution is -0.118. The summed E-state index contributed by atoms with van der Waals surface area (Å²) in [4.78, 5) is 42.2. The highest BCUT2D eigenvalue weighted by Crippen LogP contribution is 2.32. The molecule has 0 radical (unpaired) electrons. The van der Waals surface area contributed by atoms with E-state index in [1.54, 1.807) is 12.1 Å². The van der Waals surface area contributed by atoms with Gasteiger partial charge in [0.25, 0.3) is 5.91 Å². The summed E-state index contributed by atoms with van der Waals surface area (Å²) in [6.07, 6.45) is 2.61. The second-order valence-electron chi connectivity index (χ2n) is 8.32. The zero-order valence-corrected chi connectivity index (χ0v) is 17.6. The first kappa shape index (κ1) is 20.2. The van der Waals surface area contributed by atoms with Crippen molar-refractivity contribution in [3.05, 3.63) is 64.8 Å². The number of aryl methyl sites for hydroxylation is 1. The number of pyridine rings is 1. The molecule has 1 atom stereocenters. The fourth-order valence-corrected chi connectivity index (χ4v) is 4.34. The van der Waals surface area contributed by atoms with Crippen LogP contribution in [0.5, 0.6) is 5.75 Å². The highest BCUT2D eigenvalue weighted by atomic mass is 16.5. The van der Waals surface area contributed by atoms with Gasteiger partial charge in [-0.15, -0.1) is 0 Å². The van der Waals surface area contributed by atoms with Crippen molar-refractivity contribution in [1.82, 2.24) is 4.98 Å². The molecule has 3 aromatic rings. The van der Waals surface area contributed by atoms with E-state index in [1.807, 2.05) is 24.3 Å². The Hall–Kier alpha value is -3.74. The third-order valence-corrected chi connectivity index (χ3v) is 5.98. The van der Waals surface area contributed by atoms with Crippen molar-refractivity contribution in [2.45, 2.75) is 26.2 Å². The van der Waals surface area contributed by atoms with Gasteiger partial charge >= 0.3 is 5.97 Å². The quantitative estimate of drug-likeness (QED) is 0.501. The molecular formula is C25H22N2O5. The number of amides is 1. The van der Waals surface area contributed by atoms with Crippen molar-refractivity contribution in [1.29, 1.82) is 0 Å². The van der Waals surface area contributed by atoms with E-state index in [0.717, 1.165) is 41.4 Å². The molecule has 0 unspecified atom stereocenters. The third-order valence-electron chi connectivity index (χ3n) is 5.98. The molecule has 1 amide bonds. The molecule has 1 aromatic heterocycles. The Morgan fingerprint density at radius 2 is 2.06 bits per heavy atom. The molecule has 1 N–H and O–H groups in total. The number of aromatic nitrogens is 1. The summed E-state index contributed by atoms with van der Waals surface area (Å²) in [7, 11) is 0. The Labute approximate surface area is 184 Å². The normalized spacial score (nSPS) is 17.0. The number of nitrogens with zero attached hydrogens (tertiary/aromatic N) is 1. The smallest absolute Gasteiger partial charge is 0.339 e. The van der Waals surface area contributed by atoms with Crippen molar-refractivity contribution >= 4 is 34.3 Å². The van der Waals surface area contributed by atoms with Crippen LogP contribution in [0.3, 0.4) is 0 Å². The molecule has 0 saturated carbocycles. The van der Waals surface area contributed by atoms with E-state index in [4.69, 9.17) is 14.5 Å². The number of anilines is 1. The Kier molecular flexibility index (Phi) is 5.09. The van der Waals surface area contributed by atoms with Crippen LogP contribution in [0.25, 0.3) is 10.9 Å². The first-order chi connectivity index (χ1) is 15.5. The lowest BCUT2D eigenvalue weighted by atomic mass is 9.84. The van der Waals surface area contributed by atoms with E-state index in [-0.39, 0.29) is 18.3 Å². The van der Waals surface area contributed by atoms with Crippen molar-refractivity contribution in [2.75, 3.05) is 18.5 Å². The monoisotopic (exact) mass is 430 g/mol. The van der Waals surface area contributed by atoms with Crippen LogP contribution in [0.15, 0.2) is 42.5 Å². The number of para-hydroxylation sites is 1. The Bertz CT molecular complexity index is 1270. The van der Waals surface area contributed by atoms with Crippen LogP contribution in [0, 0.1) is 5.92 Å². The highest BCUT2D eigenvalue weighted by Gasteiger charge is 2.27. The van der Waals surface area contributed by atoms with Gasteiger partial charge in [0.2, 0.25) is 0 Å². The first-order valence-electron chi connectivity index (χ1n) is 10.7. The van der Waals surface area contributed by atoms with Crippen molar-refractivity contribution in [3.8, 4) is 5.75 Å². The van der Waals surface area contributed by atoms with Crippen molar-refractivity contribution in [2.24, 2.45) is 5.92 Å². The minimum Gasteiger partial charge on any atom is -0.482 e. The van der Waals surface area contributed by atoms with Gasteiger partial charge in [-0.3, -0.25) is 14.6 Å². The third kappa shape index (κ3) is 3.70. The zero-order chi connectivity index (χ0) is 22.2. The van der Waals surface area contributed by atoms with Crippen LogP contribution in [0.4, 0.5) is 5.69 Å². The van der Waals surface area contributed by atoms with E-state index in [1.165, 1.54) is 6.07 Å². The first-order valence-corrected chi connectivity index (χ1v) is 10.7. The zero-order valence-electron chi connectivity index (χ0n) is 17.6. The van der Waals surface area contributed by atoms with Gasteiger partial charge in [-0.2, -0.15) is 0 Å². The topological polar surface area (TPSA) is 94.6 Å². The van der Waals surface area contributed by atoms with E-state index < -0.39 is 12.6 Å². The molecule has 0 bridgehead atoms. The molecule has 0 saturated heterocycles. The fraction of sp³-hybridized carbons (Fsp3) is 0.280. The number of benzene rings is 2. The molecule has 0 spiro atoms. The minimum absolute atomic E-state index is 0.0548. The molecule has 32 heavy (non-hydrogen) atoms. The highest BCUT2D eigenvalue weighted by molar-refractivity contribution is 6.07. The lowest BCUT2D eigenvalue weighted by Gasteiger charge is -2.24. The Morgan fingerprint density at radius 1 is 1.22 bits per heavy atom. The van der Waals surface area contributed by atoms with Gasteiger partial charge < -0.3 is 14.8 Å². The number of hydrogen-bond acceptors (Lipinski definition) is 6. The second-order valence-corrected chi connectivity index (χ2v) is 8.32. The van der Waals surface area contributed by atoms with Crippen molar-refractivity contribution in [3.63, 3.8) is 0 Å². The number of fused-ring (bicyclic) bond motifs is 3. The van der Waals surface area contributed by atoms with Gasteiger partial charge in [-0.25, -0.2) is 4.79 Å². The van der Waals surface area contributed by atoms with Gasteiger partial charge in [0.15, 0.2) is 19.0 Å². The number of rotatable bonds is 4. The number of ketones is 1. The summed E-state index contributed by atoms with van der Waals surface area (Å²) in [5.41, 5.74) is 3.89. The summed E-state index contributed by atoms with van der Waals surface area (Å²) in [5.74, 6) is -0.204. The lowest BCUT2D eigenvalue weighted by Crippen LogP contribution is -2.25. The number of hydrogen-bond donors (Lipinski definition) is 1. The number of Topliss-reactive ketones (excluding diaryl/α,β-unsaturated/α-hetero) is 1. The van der Waals surface area contributed by atoms with E-state index in [9.17, 15) is 14.4 Å². The average molecular weight is 430 g/mol. The summed E-state index contributed by atoms with van der Waals surface area (Å²) in [6.45, 7) is 1.71. The second kappa shape index (κ2) is 8.07. The Balaban J connectivity index is 1.40. The molecule has 1 aliphatic heterocycles. The molecular weight excluding hydrogens is 408 g/mol. The summed E-state index contributed by atoms with van der Waals surface area (Å²) < 4.78 is 10.8. The molecule has 5 rings (SSSR count). The molecule has 7 heteroatoms. The Morgan fingerprint density at radius 3 is 2.94 bits per heavy atom. The largest absolute Gasteiger partial charge is 0.482 e. The standard InChI is InChI=1S/C25H22N2O5/c1-14-6-8-19-17(10-14)24(16-4-2-3-5-18(16)26-19)25(30)32-12-21(28)15-7-9-22-20(11-15)27-23(29)13-31-22/h2-5,7,9,11,14H,6,8,10,12-13H2,1H3,(H,27,29)/t14-/m0/s1. The molecule has 2 aliphatic rings. The number of esters is 1. The fourth-order valence-electron chi connectivity index (χ4n) is 4.34. The van der Waals surface area contributed by atoms with Crippen LogP contribution in [-0.2, 0) is 22.4 Å². The predicted molar refractivity (Wildman–Crippen MR) is 118 cm³/mol. The van der Waals surface area contributed by atoms with E-state index >= 15 is 0 Å². The molecule has 0 fully saturated rings. The van der Waals surface area contributed by atoms with Crippen LogP contribution in [0.2, 0.25) is 0 Å². The van der Waals surface area contributed by atoms with E-state index in [0.29, 0.717) is 28.5 Å². The van der Waals surface area contributed by atoms with Crippen LogP contribution in [0.1, 0.15) is 45.3 Å². The number of carbonyl (C=O) groups excluding carboxylic acids is 3. The number of carbonyl (C=O) groups is 3. The van der Waals surface area contributed by atoms with Gasteiger partial charge in [-0.1, -0.05) is 25.1 Å². The van der Waals surface area contributed by atoms with Gasteiger partial charge in [0.1, 0.15) is 5.75 Å².